The van der Waals surface area contributed by atoms with Crippen LogP contribution >= 0.6 is 15.9 Å². The number of hydrogen-bond acceptors (Lipinski definition) is 4. The molecule has 0 unspecified atom stereocenters. The summed E-state index contributed by atoms with van der Waals surface area (Å²) in [5, 5.41) is 18.3. The van der Waals surface area contributed by atoms with Gasteiger partial charge in [-0.25, -0.2) is 4.98 Å². The number of aromatic hydroxyl groups is 1. The average Bonchev–Trinajstić information content (AvgIpc) is 2.20. The minimum atomic E-state index is -0.619. The molecule has 2 heterocycles. The fourth-order valence-electron chi connectivity index (χ4n) is 1.23. The topological polar surface area (TPSA) is 89.8 Å². The molecule has 0 saturated carbocycles. The second-order valence-electron chi connectivity index (χ2n) is 2.82. The number of nitriles is 1. The van der Waals surface area contributed by atoms with E-state index < -0.39 is 11.3 Å². The number of H-pyrrole nitrogens is 1. The lowest BCUT2D eigenvalue weighted by atomic mass is 10.2. The minimum Gasteiger partial charge on any atom is -0.504 e. The number of halogens is 1. The highest BCUT2D eigenvalue weighted by Gasteiger charge is 2.12. The van der Waals surface area contributed by atoms with Gasteiger partial charge >= 0.3 is 0 Å². The van der Waals surface area contributed by atoms with Crippen molar-refractivity contribution in [1.29, 1.82) is 5.26 Å². The molecule has 0 saturated heterocycles. The van der Waals surface area contributed by atoms with Gasteiger partial charge in [0.2, 0.25) is 0 Å². The van der Waals surface area contributed by atoms with Gasteiger partial charge in [-0.3, -0.25) is 4.79 Å². The van der Waals surface area contributed by atoms with Crippen LogP contribution < -0.4 is 5.56 Å². The van der Waals surface area contributed by atoms with E-state index in [1.54, 1.807) is 18.2 Å². The van der Waals surface area contributed by atoms with Gasteiger partial charge in [0.1, 0.15) is 16.2 Å². The molecule has 0 bridgehead atoms. The van der Waals surface area contributed by atoms with Gasteiger partial charge in [0.25, 0.3) is 5.56 Å². The van der Waals surface area contributed by atoms with Crippen LogP contribution in [0.1, 0.15) is 5.56 Å². The summed E-state index contributed by atoms with van der Waals surface area (Å²) in [6.07, 6.45) is 0. The summed E-state index contributed by atoms with van der Waals surface area (Å²) < 4.78 is 0.515. The standard InChI is InChI=1S/C9H4BrN3O2/c10-6-2-1-5-7(13-6)8(14)4(3-11)9(15)12-5/h1-2H,(H2,12,14,15). The first-order valence-electron chi connectivity index (χ1n) is 3.95. The smallest absolute Gasteiger partial charge is 0.270 e. The van der Waals surface area contributed by atoms with Crippen LogP contribution in [0.25, 0.3) is 11.0 Å². The lowest BCUT2D eigenvalue weighted by Crippen LogP contribution is -2.10. The van der Waals surface area contributed by atoms with Gasteiger partial charge in [-0.2, -0.15) is 5.26 Å². The molecule has 6 heteroatoms. The molecule has 2 N–H and O–H groups in total. The van der Waals surface area contributed by atoms with Crippen LogP contribution in [-0.4, -0.2) is 15.1 Å². The molecule has 2 aromatic heterocycles. The number of aromatic nitrogens is 2. The molecule has 0 fully saturated rings. The summed E-state index contributed by atoms with van der Waals surface area (Å²) in [7, 11) is 0. The Labute approximate surface area is 92.1 Å². The molecule has 0 aliphatic carbocycles. The number of rotatable bonds is 0. The van der Waals surface area contributed by atoms with Crippen molar-refractivity contribution in [1.82, 2.24) is 9.97 Å². The van der Waals surface area contributed by atoms with Crippen molar-refractivity contribution in [3.8, 4) is 11.8 Å². The summed E-state index contributed by atoms with van der Waals surface area (Å²) >= 11 is 3.13. The first-order valence-corrected chi connectivity index (χ1v) is 4.74. The van der Waals surface area contributed by atoms with Crippen LogP contribution in [0.2, 0.25) is 0 Å². The number of nitrogens with one attached hydrogen (secondary N) is 1. The zero-order valence-corrected chi connectivity index (χ0v) is 8.87. The van der Waals surface area contributed by atoms with E-state index in [-0.39, 0.29) is 11.1 Å². The molecule has 0 radical (unpaired) electrons. The molecule has 0 spiro atoms. The van der Waals surface area contributed by atoms with Crippen LogP contribution in [0.15, 0.2) is 21.5 Å². The van der Waals surface area contributed by atoms with Gasteiger partial charge in [0.15, 0.2) is 11.3 Å². The van der Waals surface area contributed by atoms with E-state index in [0.717, 1.165) is 0 Å². The molecular formula is C9H4BrN3O2. The Morgan fingerprint density at radius 3 is 2.93 bits per heavy atom. The Morgan fingerprint density at radius 2 is 2.27 bits per heavy atom. The molecule has 0 atom stereocenters. The Morgan fingerprint density at radius 1 is 1.53 bits per heavy atom. The predicted octanol–water partition coefficient (Wildman–Crippen LogP) is 1.26. The van der Waals surface area contributed by atoms with Crippen molar-refractivity contribution in [2.24, 2.45) is 0 Å². The van der Waals surface area contributed by atoms with Crippen LogP contribution in [0.5, 0.6) is 5.75 Å². The van der Waals surface area contributed by atoms with E-state index in [2.05, 4.69) is 25.9 Å². The highest BCUT2D eigenvalue weighted by atomic mass is 79.9. The molecule has 0 aliphatic heterocycles. The number of hydrogen-bond donors (Lipinski definition) is 2. The van der Waals surface area contributed by atoms with Crippen molar-refractivity contribution in [2.75, 3.05) is 0 Å². The average molecular weight is 266 g/mol. The first kappa shape index (κ1) is 9.68. The number of pyridine rings is 2. The van der Waals surface area contributed by atoms with Crippen LogP contribution in [0, 0.1) is 11.3 Å². The van der Waals surface area contributed by atoms with Crippen molar-refractivity contribution >= 4 is 27.0 Å². The first-order chi connectivity index (χ1) is 7.13. The van der Waals surface area contributed by atoms with Gasteiger partial charge in [-0.15, -0.1) is 0 Å². The van der Waals surface area contributed by atoms with Gasteiger partial charge in [0, 0.05) is 0 Å². The van der Waals surface area contributed by atoms with E-state index in [1.807, 2.05) is 0 Å². The third-order valence-electron chi connectivity index (χ3n) is 1.91. The van der Waals surface area contributed by atoms with Gasteiger partial charge in [-0.05, 0) is 28.1 Å². The second-order valence-corrected chi connectivity index (χ2v) is 3.63. The second kappa shape index (κ2) is 3.37. The van der Waals surface area contributed by atoms with Gasteiger partial charge < -0.3 is 10.1 Å². The van der Waals surface area contributed by atoms with Crippen LogP contribution in [0.3, 0.4) is 0 Å². The number of nitrogens with zero attached hydrogens (tertiary/aromatic N) is 2. The summed E-state index contributed by atoms with van der Waals surface area (Å²) in [5.74, 6) is -0.391. The van der Waals surface area contributed by atoms with E-state index in [4.69, 9.17) is 5.26 Å². The maximum absolute atomic E-state index is 11.3. The summed E-state index contributed by atoms with van der Waals surface area (Å²) in [6.45, 7) is 0. The van der Waals surface area contributed by atoms with Crippen molar-refractivity contribution < 1.29 is 5.11 Å². The SMILES string of the molecule is N#Cc1c(O)c2nc(Br)ccc2[nH]c1=O. The lowest BCUT2D eigenvalue weighted by molar-refractivity contribution is 0.477. The number of aromatic amines is 1. The lowest BCUT2D eigenvalue weighted by Gasteiger charge is -2.01. The monoisotopic (exact) mass is 265 g/mol. The van der Waals surface area contributed by atoms with E-state index in [9.17, 15) is 9.90 Å². The van der Waals surface area contributed by atoms with E-state index >= 15 is 0 Å². The summed E-state index contributed by atoms with van der Waals surface area (Å²) in [5.41, 5.74) is -0.361. The molecule has 0 amide bonds. The zero-order valence-electron chi connectivity index (χ0n) is 7.28. The molecule has 15 heavy (non-hydrogen) atoms. The zero-order chi connectivity index (χ0) is 11.0. The maximum Gasteiger partial charge on any atom is 0.270 e. The Hall–Kier alpha value is -1.87. The Balaban J connectivity index is 3.00. The highest BCUT2D eigenvalue weighted by molar-refractivity contribution is 9.10. The summed E-state index contributed by atoms with van der Waals surface area (Å²) in [4.78, 5) is 17.7. The molecule has 0 aliphatic rings. The van der Waals surface area contributed by atoms with E-state index in [1.165, 1.54) is 0 Å². The van der Waals surface area contributed by atoms with Crippen LogP contribution in [-0.2, 0) is 0 Å². The predicted molar refractivity (Wildman–Crippen MR) is 56.4 cm³/mol. The van der Waals surface area contributed by atoms with Crippen molar-refractivity contribution in [2.45, 2.75) is 0 Å². The molecule has 74 valence electrons. The maximum atomic E-state index is 11.3. The minimum absolute atomic E-state index is 0.195. The normalized spacial score (nSPS) is 10.1. The molecular weight excluding hydrogens is 262 g/mol. The van der Waals surface area contributed by atoms with Gasteiger partial charge in [0.05, 0.1) is 5.52 Å². The Bertz CT molecular complexity index is 642. The largest absolute Gasteiger partial charge is 0.504 e. The molecule has 0 aromatic carbocycles. The van der Waals surface area contributed by atoms with Crippen molar-refractivity contribution in [3.63, 3.8) is 0 Å². The fraction of sp³-hybridized carbons (Fsp3) is 0. The van der Waals surface area contributed by atoms with Crippen molar-refractivity contribution in [3.05, 3.63) is 32.7 Å². The molecule has 5 nitrogen and oxygen atoms in total. The molecule has 2 rings (SSSR count). The fourth-order valence-corrected chi connectivity index (χ4v) is 1.54. The van der Waals surface area contributed by atoms with Gasteiger partial charge in [-0.1, -0.05) is 0 Å². The number of fused-ring (bicyclic) bond motifs is 1. The van der Waals surface area contributed by atoms with E-state index in [0.29, 0.717) is 10.1 Å². The highest BCUT2D eigenvalue weighted by Crippen LogP contribution is 2.23. The summed E-state index contributed by atoms with van der Waals surface area (Å²) in [6, 6.07) is 4.85. The Kier molecular flexibility index (Phi) is 2.17. The third-order valence-corrected chi connectivity index (χ3v) is 2.35. The molecule has 2 aromatic rings. The van der Waals surface area contributed by atoms with Crippen LogP contribution in [0.4, 0.5) is 0 Å². The quantitative estimate of drug-likeness (QED) is 0.702. The third kappa shape index (κ3) is 1.47.